The molecule has 0 fully saturated rings. The van der Waals surface area contributed by atoms with Crippen LogP contribution in [0.1, 0.15) is 55.5 Å². The minimum absolute atomic E-state index is 0.157. The second-order valence-electron chi connectivity index (χ2n) is 10.8. The molecule has 0 spiro atoms. The summed E-state index contributed by atoms with van der Waals surface area (Å²) >= 11 is 0. The number of hydrogen-bond acceptors (Lipinski definition) is 6. The van der Waals surface area contributed by atoms with E-state index < -0.39 is 18.2 Å². The Bertz CT molecular complexity index is 1530. The second-order valence-corrected chi connectivity index (χ2v) is 10.8. The largest absolute Gasteiger partial charge is 0.423 e. The highest BCUT2D eigenvalue weighted by atomic mass is 16.6. The van der Waals surface area contributed by atoms with Crippen LogP contribution in [-0.4, -0.2) is 23.3 Å². The van der Waals surface area contributed by atoms with Gasteiger partial charge in [-0.3, -0.25) is 0 Å². The normalized spacial score (nSPS) is 14.6. The number of carbonyl (C=O) groups excluding carboxylic acids is 2. The van der Waals surface area contributed by atoms with Gasteiger partial charge in [-0.2, -0.15) is 0 Å². The number of hydrogen-bond donors (Lipinski definition) is 1. The third-order valence-corrected chi connectivity index (χ3v) is 7.07. The van der Waals surface area contributed by atoms with Gasteiger partial charge in [-0.05, 0) is 110 Å². The van der Waals surface area contributed by atoms with Crippen LogP contribution in [0.2, 0.25) is 0 Å². The highest BCUT2D eigenvalue weighted by Gasteiger charge is 2.26. The summed E-state index contributed by atoms with van der Waals surface area (Å²) < 4.78 is 16.8. The number of rotatable bonds is 9. The lowest BCUT2D eigenvalue weighted by Gasteiger charge is -2.19. The van der Waals surface area contributed by atoms with Crippen LogP contribution in [0.15, 0.2) is 85.0 Å². The average molecular weight is 553 g/mol. The van der Waals surface area contributed by atoms with Gasteiger partial charge >= 0.3 is 11.9 Å². The fraction of sp³-hybridized carbons (Fsp3) is 0.257. The van der Waals surface area contributed by atoms with E-state index in [0.29, 0.717) is 5.57 Å². The fourth-order valence-electron chi connectivity index (χ4n) is 4.83. The topological polar surface area (TPSA) is 82.1 Å². The van der Waals surface area contributed by atoms with E-state index in [1.807, 2.05) is 13.8 Å². The van der Waals surface area contributed by atoms with Crippen LogP contribution in [0.25, 0.3) is 22.3 Å². The summed E-state index contributed by atoms with van der Waals surface area (Å²) in [6, 6.07) is 15.6. The third-order valence-electron chi connectivity index (χ3n) is 7.07. The summed E-state index contributed by atoms with van der Waals surface area (Å²) in [6.07, 6.45) is 0.546. The molecular weight excluding hydrogens is 516 g/mol. The summed E-state index contributed by atoms with van der Waals surface area (Å²) in [6.45, 7) is 20.0. The molecule has 2 atom stereocenters. The molecule has 1 aliphatic carbocycles. The lowest BCUT2D eigenvalue weighted by atomic mass is 9.90. The van der Waals surface area contributed by atoms with Crippen molar-refractivity contribution >= 4 is 11.9 Å². The quantitative estimate of drug-likeness (QED) is 0.0973. The summed E-state index contributed by atoms with van der Waals surface area (Å²) in [5.74, 6) is -0.650. The van der Waals surface area contributed by atoms with Crippen molar-refractivity contribution in [1.29, 1.82) is 0 Å². The first kappa shape index (κ1) is 29.7. The van der Waals surface area contributed by atoms with Crippen LogP contribution in [0.3, 0.4) is 0 Å². The van der Waals surface area contributed by atoms with Gasteiger partial charge in [0.05, 0.1) is 6.10 Å². The monoisotopic (exact) mass is 552 g/mol. The molecule has 0 heterocycles. The summed E-state index contributed by atoms with van der Waals surface area (Å²) in [4.78, 5) is 24.5. The minimum atomic E-state index is -0.976. The first-order valence-corrected chi connectivity index (χ1v) is 13.5. The molecule has 0 amide bonds. The smallest absolute Gasteiger partial charge is 0.338 e. The molecule has 0 aromatic heterocycles. The number of aryl methyl sites for hydroxylation is 3. The van der Waals surface area contributed by atoms with Crippen molar-refractivity contribution < 1.29 is 28.9 Å². The Hall–Kier alpha value is -4.26. The van der Waals surface area contributed by atoms with E-state index in [1.54, 1.807) is 32.9 Å². The molecular formula is C35H36O6. The van der Waals surface area contributed by atoms with Gasteiger partial charge in [-0.15, -0.1) is 0 Å². The van der Waals surface area contributed by atoms with Crippen molar-refractivity contribution in [3.63, 3.8) is 0 Å². The summed E-state index contributed by atoms with van der Waals surface area (Å²) in [5, 5.41) is 10.1. The molecule has 0 bridgehead atoms. The highest BCUT2D eigenvalue weighted by molar-refractivity contribution is 5.90. The van der Waals surface area contributed by atoms with Crippen LogP contribution in [0, 0.1) is 13.8 Å². The zero-order chi connectivity index (χ0) is 30.0. The molecule has 212 valence electrons. The third kappa shape index (κ3) is 6.73. The number of benzene rings is 3. The van der Waals surface area contributed by atoms with Crippen LogP contribution in [-0.2, 0) is 20.7 Å². The van der Waals surface area contributed by atoms with Crippen molar-refractivity contribution in [3.05, 3.63) is 107 Å². The number of aliphatic hydroxyl groups excluding tert-OH is 1. The van der Waals surface area contributed by atoms with E-state index in [9.17, 15) is 14.7 Å². The van der Waals surface area contributed by atoms with Gasteiger partial charge < -0.3 is 19.3 Å². The minimum Gasteiger partial charge on any atom is -0.423 e. The molecule has 1 N–H and O–H groups in total. The van der Waals surface area contributed by atoms with Gasteiger partial charge in [-0.1, -0.05) is 50.1 Å². The molecule has 0 aliphatic heterocycles. The Kier molecular flexibility index (Phi) is 8.76. The predicted octanol–water partition coefficient (Wildman–Crippen LogP) is 7.50. The van der Waals surface area contributed by atoms with Gasteiger partial charge in [0.25, 0.3) is 0 Å². The maximum absolute atomic E-state index is 12.2. The molecule has 6 nitrogen and oxygen atoms in total. The lowest BCUT2D eigenvalue weighted by Crippen LogP contribution is -2.15. The number of esters is 2. The van der Waals surface area contributed by atoms with Gasteiger partial charge in [-0.25, -0.2) is 9.59 Å². The average Bonchev–Trinajstić information content (AvgIpc) is 3.31. The fourth-order valence-corrected chi connectivity index (χ4v) is 4.83. The number of aliphatic hydroxyl groups is 1. The maximum Gasteiger partial charge on any atom is 0.338 e. The molecule has 6 heteroatoms. The summed E-state index contributed by atoms with van der Waals surface area (Å²) in [5.41, 5.74) is 9.29. The molecule has 3 aromatic carbocycles. The number of ether oxygens (including phenoxy) is 3. The van der Waals surface area contributed by atoms with Crippen LogP contribution >= 0.6 is 0 Å². The first-order valence-electron chi connectivity index (χ1n) is 13.5. The van der Waals surface area contributed by atoms with E-state index in [2.05, 4.69) is 50.1 Å². The second kappa shape index (κ2) is 12.1. The highest BCUT2D eigenvalue weighted by Crippen LogP contribution is 2.40. The standard InChI is InChI=1S/C35H36O6/c1-19(2)33(36)39-27-16-26(17-28(18-27)40-34(37)20(3)4)31-14-22(7)30(13-23(31)8)25-9-11-29-24(15-25)10-12-32(29)41-35(38)21(5)6/h9,11,13-18,32,35,38H,1,3,5,10,12H2,2,4,6-8H3. The van der Waals surface area contributed by atoms with Gasteiger partial charge in [0, 0.05) is 17.2 Å². The maximum atomic E-state index is 12.2. The van der Waals surface area contributed by atoms with E-state index in [1.165, 1.54) is 11.6 Å². The molecule has 0 saturated carbocycles. The Morgan fingerprint density at radius 2 is 1.34 bits per heavy atom. The van der Waals surface area contributed by atoms with E-state index in [0.717, 1.165) is 51.8 Å². The summed E-state index contributed by atoms with van der Waals surface area (Å²) in [7, 11) is 0. The Balaban J connectivity index is 1.69. The SMILES string of the molecule is C=C(C)C(=O)Oc1cc(OC(=O)C(=C)C)cc(-c2cc(C)c(-c3ccc4c(c3)CCC4OC(O)C(=C)C)cc2C)c1. The zero-order valence-corrected chi connectivity index (χ0v) is 24.3. The van der Waals surface area contributed by atoms with Crippen molar-refractivity contribution in [1.82, 2.24) is 0 Å². The van der Waals surface area contributed by atoms with E-state index >= 15 is 0 Å². The van der Waals surface area contributed by atoms with Crippen molar-refractivity contribution in [2.75, 3.05) is 0 Å². The van der Waals surface area contributed by atoms with E-state index in [4.69, 9.17) is 14.2 Å². The van der Waals surface area contributed by atoms with Gasteiger partial charge in [0.2, 0.25) is 0 Å². The Labute approximate surface area is 241 Å². The van der Waals surface area contributed by atoms with Gasteiger partial charge in [0.1, 0.15) is 11.5 Å². The van der Waals surface area contributed by atoms with Crippen molar-refractivity contribution in [3.8, 4) is 33.8 Å². The Morgan fingerprint density at radius 1 is 0.805 bits per heavy atom. The first-order chi connectivity index (χ1) is 19.3. The van der Waals surface area contributed by atoms with Gasteiger partial charge in [0.15, 0.2) is 6.29 Å². The number of carbonyl (C=O) groups is 2. The lowest BCUT2D eigenvalue weighted by molar-refractivity contribution is -0.130. The molecule has 2 unspecified atom stereocenters. The van der Waals surface area contributed by atoms with Crippen LogP contribution < -0.4 is 9.47 Å². The molecule has 0 saturated heterocycles. The predicted molar refractivity (Wildman–Crippen MR) is 161 cm³/mol. The molecule has 4 rings (SSSR count). The molecule has 41 heavy (non-hydrogen) atoms. The van der Waals surface area contributed by atoms with Crippen molar-refractivity contribution in [2.45, 2.75) is 59.9 Å². The molecule has 0 radical (unpaired) electrons. The van der Waals surface area contributed by atoms with E-state index in [-0.39, 0.29) is 28.7 Å². The van der Waals surface area contributed by atoms with Crippen molar-refractivity contribution in [2.24, 2.45) is 0 Å². The zero-order valence-electron chi connectivity index (χ0n) is 24.3. The molecule has 1 aliphatic rings. The van der Waals surface area contributed by atoms with Crippen LogP contribution in [0.4, 0.5) is 0 Å². The number of fused-ring (bicyclic) bond motifs is 1. The molecule has 3 aromatic rings. The van der Waals surface area contributed by atoms with Crippen LogP contribution in [0.5, 0.6) is 11.5 Å². The Morgan fingerprint density at radius 3 is 1.85 bits per heavy atom.